The third-order valence-electron chi connectivity index (χ3n) is 6.15. The van der Waals surface area contributed by atoms with Crippen molar-refractivity contribution in [3.63, 3.8) is 0 Å². The van der Waals surface area contributed by atoms with Crippen molar-refractivity contribution >= 4 is 0 Å². The van der Waals surface area contributed by atoms with Crippen molar-refractivity contribution in [1.29, 1.82) is 0 Å². The van der Waals surface area contributed by atoms with Gasteiger partial charge in [0.2, 0.25) is 0 Å². The van der Waals surface area contributed by atoms with E-state index in [1.165, 1.54) is 140 Å². The van der Waals surface area contributed by atoms with E-state index in [-0.39, 0.29) is 0 Å². The summed E-state index contributed by atoms with van der Waals surface area (Å²) in [5, 5.41) is 14.8. The number of quaternary nitrogens is 1. The van der Waals surface area contributed by atoms with E-state index >= 15 is 0 Å². The van der Waals surface area contributed by atoms with Crippen LogP contribution in [-0.4, -0.2) is 36.3 Å². The lowest BCUT2D eigenvalue weighted by Crippen LogP contribution is -2.46. The van der Waals surface area contributed by atoms with Crippen LogP contribution in [0.1, 0.15) is 136 Å². The Kier molecular flexibility index (Phi) is 25.5. The van der Waals surface area contributed by atoms with Crippen LogP contribution in [0, 0.1) is 15.3 Å². The zero-order valence-electron chi connectivity index (χ0n) is 21.0. The molecule has 0 unspecified atom stereocenters. The van der Waals surface area contributed by atoms with Gasteiger partial charge in [0, 0.05) is 0 Å². The van der Waals surface area contributed by atoms with Crippen molar-refractivity contribution in [3.05, 3.63) is 15.3 Å². The highest BCUT2D eigenvalue weighted by Gasteiger charge is 2.20. The molecule has 0 aromatic rings. The smallest absolute Gasteiger partial charge is 0.0784 e. The summed E-state index contributed by atoms with van der Waals surface area (Å²) in [6.45, 7) is 11.2. The second-order valence-corrected chi connectivity index (χ2v) is 9.32. The lowest BCUT2D eigenvalue weighted by molar-refractivity contribution is -0.910. The quantitative estimate of drug-likeness (QED) is 0.0796. The van der Waals surface area contributed by atoms with Gasteiger partial charge in [-0.2, -0.15) is 0 Å². The van der Waals surface area contributed by atoms with Crippen molar-refractivity contribution in [3.8, 4) is 0 Å². The fraction of sp³-hybridized carbons (Fsp3) is 1.00. The van der Waals surface area contributed by atoms with Crippen LogP contribution in [0.15, 0.2) is 0 Å². The zero-order valence-corrected chi connectivity index (χ0v) is 21.0. The van der Waals surface area contributed by atoms with E-state index < -0.39 is 5.09 Å². The fourth-order valence-corrected chi connectivity index (χ4v) is 4.16. The molecule has 0 saturated heterocycles. The lowest BCUT2D eigenvalue weighted by atomic mass is 10.1. The molecule has 0 saturated carbocycles. The first-order chi connectivity index (χ1) is 14.4. The summed E-state index contributed by atoms with van der Waals surface area (Å²) in [6, 6.07) is 0. The molecule has 0 atom stereocenters. The summed E-state index contributed by atoms with van der Waals surface area (Å²) in [4.78, 5) is 8.25. The third kappa shape index (κ3) is 27.2. The van der Waals surface area contributed by atoms with Gasteiger partial charge < -0.3 is 19.8 Å². The third-order valence-corrected chi connectivity index (χ3v) is 6.15. The minimum absolute atomic E-state index is 1.36. The first-order valence-corrected chi connectivity index (χ1v) is 13.1. The van der Waals surface area contributed by atoms with Crippen LogP contribution in [0.2, 0.25) is 0 Å². The molecule has 5 heteroatoms. The van der Waals surface area contributed by atoms with Crippen LogP contribution in [0.4, 0.5) is 0 Å². The van der Waals surface area contributed by atoms with Crippen LogP contribution >= 0.6 is 0 Å². The summed E-state index contributed by atoms with van der Waals surface area (Å²) < 4.78 is 1.36. The molecule has 0 aromatic heterocycles. The Bertz CT molecular complexity index is 306. The van der Waals surface area contributed by atoms with Crippen molar-refractivity contribution in [1.82, 2.24) is 0 Å². The lowest BCUT2D eigenvalue weighted by Gasteiger charge is -2.35. The summed E-state index contributed by atoms with van der Waals surface area (Å²) in [5.41, 5.74) is 0. The van der Waals surface area contributed by atoms with Gasteiger partial charge in [0.25, 0.3) is 0 Å². The van der Waals surface area contributed by atoms with E-state index in [9.17, 15) is 0 Å². The molecule has 0 aliphatic carbocycles. The minimum atomic E-state index is -1.75. The number of rotatable bonds is 21. The molecule has 0 rings (SSSR count). The number of hydrogen-bond donors (Lipinski definition) is 0. The molecule has 0 fully saturated rings. The second-order valence-electron chi connectivity index (χ2n) is 9.32. The number of nitrogens with zero attached hydrogens (tertiary/aromatic N) is 2. The van der Waals surface area contributed by atoms with Gasteiger partial charge in [-0.1, -0.05) is 97.8 Å². The molecule has 0 aliphatic rings. The maximum atomic E-state index is 8.25. The Balaban J connectivity index is 0. The van der Waals surface area contributed by atoms with Crippen LogP contribution in [0.3, 0.4) is 0 Å². The topological polar surface area (TPSA) is 66.2 Å². The Labute approximate surface area is 188 Å². The second kappa shape index (κ2) is 24.4. The van der Waals surface area contributed by atoms with Crippen LogP contribution in [0.5, 0.6) is 0 Å². The highest BCUT2D eigenvalue weighted by atomic mass is 16.9. The van der Waals surface area contributed by atoms with Gasteiger partial charge in [0.05, 0.1) is 31.8 Å². The average Bonchev–Trinajstić information content (AvgIpc) is 2.70. The maximum Gasteiger partial charge on any atom is 0.0784 e. The predicted molar refractivity (Wildman–Crippen MR) is 131 cm³/mol. The van der Waals surface area contributed by atoms with Crippen molar-refractivity contribution in [2.45, 2.75) is 136 Å². The van der Waals surface area contributed by atoms with Crippen molar-refractivity contribution < 1.29 is 9.57 Å². The molecule has 0 heterocycles. The highest BCUT2D eigenvalue weighted by Crippen LogP contribution is 2.16. The Morgan fingerprint density at radius 2 is 0.700 bits per heavy atom. The van der Waals surface area contributed by atoms with E-state index in [1.807, 2.05) is 0 Å². The van der Waals surface area contributed by atoms with E-state index in [1.54, 1.807) is 0 Å². The average molecular weight is 431 g/mol. The van der Waals surface area contributed by atoms with Gasteiger partial charge in [-0.25, -0.2) is 0 Å². The first kappa shape index (κ1) is 31.3. The van der Waals surface area contributed by atoms with E-state index in [0.717, 1.165) is 0 Å². The molecule has 0 aromatic carbocycles. The largest absolute Gasteiger partial charge is 0.356 e. The van der Waals surface area contributed by atoms with E-state index in [0.29, 0.717) is 0 Å². The molecule has 5 nitrogen and oxygen atoms in total. The zero-order chi connectivity index (χ0) is 22.9. The normalized spacial score (nSPS) is 11.2. The van der Waals surface area contributed by atoms with Gasteiger partial charge in [0.1, 0.15) is 0 Å². The number of unbranched alkanes of at least 4 members (excludes halogenated alkanes) is 15. The molecule has 182 valence electrons. The highest BCUT2D eigenvalue weighted by molar-refractivity contribution is 4.51. The molecule has 30 heavy (non-hydrogen) atoms. The standard InChI is InChI=1S/C25H54N.NO3/c1-5-8-11-14-17-20-23-26(4,24-21-18-15-12-9-6-2)25-22-19-16-13-10-7-3;2-1(3)4/h5-25H2,1-4H3;/q+1;-1. The molecular weight excluding hydrogens is 376 g/mol. The first-order valence-electron chi connectivity index (χ1n) is 13.1. The Morgan fingerprint density at radius 1 is 0.500 bits per heavy atom. The van der Waals surface area contributed by atoms with Crippen molar-refractivity contribution in [2.75, 3.05) is 26.7 Å². The molecular formula is C25H54N2O3. The number of hydrogen-bond acceptors (Lipinski definition) is 3. The summed E-state index contributed by atoms with van der Waals surface area (Å²) in [6.07, 6.45) is 25.9. The summed E-state index contributed by atoms with van der Waals surface area (Å²) >= 11 is 0. The molecule has 0 amide bonds. The van der Waals surface area contributed by atoms with Crippen LogP contribution < -0.4 is 0 Å². The predicted octanol–water partition coefficient (Wildman–Crippen LogP) is 8.28. The Morgan fingerprint density at radius 3 is 0.933 bits per heavy atom. The monoisotopic (exact) mass is 430 g/mol. The maximum absolute atomic E-state index is 8.25. The van der Waals surface area contributed by atoms with Gasteiger partial charge in [-0.15, -0.1) is 0 Å². The van der Waals surface area contributed by atoms with Gasteiger partial charge >= 0.3 is 0 Å². The van der Waals surface area contributed by atoms with Crippen LogP contribution in [-0.2, 0) is 0 Å². The van der Waals surface area contributed by atoms with E-state index in [4.69, 9.17) is 15.3 Å². The molecule has 0 aliphatic heterocycles. The van der Waals surface area contributed by atoms with E-state index in [2.05, 4.69) is 27.8 Å². The Hall–Kier alpha value is -0.840. The summed E-state index contributed by atoms with van der Waals surface area (Å²) in [5.74, 6) is 0. The SMILES string of the molecule is CCCCCCCC[N+](C)(CCCCCCCC)CCCCCCCC.O=[N+]([O-])[O-]. The van der Waals surface area contributed by atoms with Crippen LogP contribution in [0.25, 0.3) is 0 Å². The molecule has 0 radical (unpaired) electrons. The molecule has 0 N–H and O–H groups in total. The molecule has 0 spiro atoms. The minimum Gasteiger partial charge on any atom is -0.356 e. The van der Waals surface area contributed by atoms with Gasteiger partial charge in [-0.3, -0.25) is 0 Å². The molecule has 0 bridgehead atoms. The fourth-order valence-electron chi connectivity index (χ4n) is 4.16. The van der Waals surface area contributed by atoms with Gasteiger partial charge in [0.15, 0.2) is 0 Å². The van der Waals surface area contributed by atoms with Crippen molar-refractivity contribution in [2.24, 2.45) is 0 Å². The van der Waals surface area contributed by atoms with Gasteiger partial charge in [-0.05, 0) is 38.5 Å². The summed E-state index contributed by atoms with van der Waals surface area (Å²) in [7, 11) is 2.56.